The number of carbonyl (C=O) groups is 3. The van der Waals surface area contributed by atoms with Gasteiger partial charge in [0.2, 0.25) is 5.78 Å². The van der Waals surface area contributed by atoms with E-state index in [2.05, 4.69) is 10.2 Å². The van der Waals surface area contributed by atoms with Crippen molar-refractivity contribution in [3.05, 3.63) is 82.4 Å². The predicted octanol–water partition coefficient (Wildman–Crippen LogP) is 2.99. The average molecular weight is 563 g/mol. The number of hydrogen-bond donors (Lipinski definition) is 6. The van der Waals surface area contributed by atoms with Crippen molar-refractivity contribution in [2.24, 2.45) is 0 Å². The number of likely N-dealkylation sites (N-methyl/N-ethyl adjacent to an activating group) is 1. The minimum atomic E-state index is -1.45. The Kier molecular flexibility index (Phi) is 7.57. The maximum Gasteiger partial charge on any atom is 0.336 e. The zero-order valence-corrected chi connectivity index (χ0v) is 22.2. The lowest BCUT2D eigenvalue weighted by molar-refractivity contribution is -0.0439. The fraction of sp³-hybridized carbons (Fsp3) is 0.300. The molecular formula is C30H30N2O9. The highest BCUT2D eigenvalue weighted by atomic mass is 16.5. The molecule has 11 nitrogen and oxygen atoms in total. The molecule has 2 saturated heterocycles. The second-order valence-corrected chi connectivity index (χ2v) is 10.4. The average Bonchev–Trinajstić information content (AvgIpc) is 3.17. The Morgan fingerprint density at radius 2 is 1.61 bits per heavy atom. The Hall–Kier alpha value is -4.61. The number of carboxylic acids is 1. The number of amides is 1. The summed E-state index contributed by atoms with van der Waals surface area (Å²) < 4.78 is 6.23. The molecule has 0 radical (unpaired) electrons. The molecule has 0 spiro atoms. The first-order chi connectivity index (χ1) is 19.5. The van der Waals surface area contributed by atoms with Crippen molar-refractivity contribution in [3.63, 3.8) is 0 Å². The van der Waals surface area contributed by atoms with Crippen LogP contribution in [0.15, 0.2) is 54.6 Å². The van der Waals surface area contributed by atoms with Gasteiger partial charge in [0, 0.05) is 17.6 Å². The number of nitrogens with one attached hydrogen (secondary N) is 1. The number of aromatic hydroxyl groups is 4. The van der Waals surface area contributed by atoms with Crippen LogP contribution in [0, 0.1) is 0 Å². The number of phenols is 4. The molecule has 0 aliphatic carbocycles. The summed E-state index contributed by atoms with van der Waals surface area (Å²) in [6.07, 6.45) is 2.10. The molecule has 0 saturated carbocycles. The number of benzene rings is 3. The Balaban J connectivity index is 1.35. The molecule has 3 aromatic rings. The number of rotatable bonds is 8. The molecule has 5 rings (SSSR count). The maximum absolute atomic E-state index is 13.1. The fourth-order valence-corrected chi connectivity index (χ4v) is 5.90. The van der Waals surface area contributed by atoms with Crippen molar-refractivity contribution in [2.45, 2.75) is 50.1 Å². The van der Waals surface area contributed by atoms with Crippen LogP contribution in [0.5, 0.6) is 23.0 Å². The topological polar surface area (TPSA) is 177 Å². The minimum absolute atomic E-state index is 0.0450. The van der Waals surface area contributed by atoms with Crippen LogP contribution in [0.3, 0.4) is 0 Å². The van der Waals surface area contributed by atoms with Gasteiger partial charge in [0.15, 0.2) is 0 Å². The van der Waals surface area contributed by atoms with Gasteiger partial charge in [-0.15, -0.1) is 0 Å². The summed E-state index contributed by atoms with van der Waals surface area (Å²) in [6, 6.07) is 11.9. The highest BCUT2D eigenvalue weighted by molar-refractivity contribution is 6.18. The standard InChI is InChI=1S/C30H30N2O9/c1-32-17-7-10-20(32)27(31-29(38)16-5-8-18(33)9-6-16)24(13-17)41-14-15-11-22(35)26(23(36)12-15)28(37)25-19(30(39)40)3-2-4-21(25)34/h2-6,8-9,11-12,17,20,24,27,33-36H,7,10,13-14H2,1H3,(H,31,38)(H,39,40). The number of carboxylic acid groups (broad SMARTS) is 1. The summed E-state index contributed by atoms with van der Waals surface area (Å²) in [5, 5.41) is 53.5. The molecule has 2 heterocycles. The minimum Gasteiger partial charge on any atom is -0.508 e. The van der Waals surface area contributed by atoms with Gasteiger partial charge in [-0.3, -0.25) is 14.5 Å². The SMILES string of the molecule is CN1C2CCC1C(NC(=O)c1ccc(O)cc1)C(OCc1cc(O)c(C(=O)c3c(O)cccc3C(=O)O)c(O)c1)C2. The number of piperidine rings is 1. The van der Waals surface area contributed by atoms with E-state index in [0.29, 0.717) is 17.5 Å². The number of carbonyl (C=O) groups excluding carboxylic acids is 2. The van der Waals surface area contributed by atoms with Crippen molar-refractivity contribution >= 4 is 17.7 Å². The van der Waals surface area contributed by atoms with Crippen LogP contribution in [0.25, 0.3) is 0 Å². The first kappa shape index (κ1) is 27.9. The third-order valence-electron chi connectivity index (χ3n) is 7.99. The van der Waals surface area contributed by atoms with E-state index in [9.17, 15) is 39.9 Å². The van der Waals surface area contributed by atoms with E-state index in [4.69, 9.17) is 4.74 Å². The summed E-state index contributed by atoms with van der Waals surface area (Å²) in [5.74, 6) is -4.55. The Morgan fingerprint density at radius 1 is 0.927 bits per heavy atom. The third-order valence-corrected chi connectivity index (χ3v) is 7.99. The summed E-state index contributed by atoms with van der Waals surface area (Å²) >= 11 is 0. The lowest BCUT2D eigenvalue weighted by Gasteiger charge is -2.43. The first-order valence-corrected chi connectivity index (χ1v) is 13.1. The summed E-state index contributed by atoms with van der Waals surface area (Å²) in [7, 11) is 2.02. The van der Waals surface area contributed by atoms with E-state index >= 15 is 0 Å². The molecule has 11 heteroatoms. The third kappa shape index (κ3) is 5.41. The summed E-state index contributed by atoms with van der Waals surface area (Å²) in [6.45, 7) is -0.0496. The lowest BCUT2D eigenvalue weighted by atomic mass is 9.93. The second kappa shape index (κ2) is 11.1. The monoisotopic (exact) mass is 562 g/mol. The number of aromatic carboxylic acids is 1. The van der Waals surface area contributed by atoms with Crippen LogP contribution in [-0.4, -0.2) is 79.4 Å². The van der Waals surface area contributed by atoms with E-state index in [1.807, 2.05) is 7.05 Å². The maximum atomic E-state index is 13.1. The van der Waals surface area contributed by atoms with Gasteiger partial charge >= 0.3 is 5.97 Å². The van der Waals surface area contributed by atoms with E-state index in [-0.39, 0.29) is 42.5 Å². The first-order valence-electron chi connectivity index (χ1n) is 13.1. The van der Waals surface area contributed by atoms with Gasteiger partial charge in [-0.2, -0.15) is 0 Å². The highest BCUT2D eigenvalue weighted by Gasteiger charge is 2.46. The van der Waals surface area contributed by atoms with Crippen molar-refractivity contribution in [1.29, 1.82) is 0 Å². The van der Waals surface area contributed by atoms with Crippen molar-refractivity contribution in [2.75, 3.05) is 7.05 Å². The van der Waals surface area contributed by atoms with Gasteiger partial charge in [-0.1, -0.05) is 6.07 Å². The molecule has 3 aromatic carbocycles. The zero-order valence-electron chi connectivity index (χ0n) is 22.2. The van der Waals surface area contributed by atoms with Crippen LogP contribution >= 0.6 is 0 Å². The van der Waals surface area contributed by atoms with Gasteiger partial charge in [-0.25, -0.2) is 4.79 Å². The van der Waals surface area contributed by atoms with E-state index in [1.54, 1.807) is 0 Å². The number of hydrogen-bond acceptors (Lipinski definition) is 9. The highest BCUT2D eigenvalue weighted by Crippen LogP contribution is 2.38. The van der Waals surface area contributed by atoms with Crippen LogP contribution in [0.2, 0.25) is 0 Å². The smallest absolute Gasteiger partial charge is 0.336 e. The molecule has 2 aliphatic rings. The Bertz CT molecular complexity index is 1480. The van der Waals surface area contributed by atoms with Crippen molar-refractivity contribution in [1.82, 2.24) is 10.2 Å². The van der Waals surface area contributed by atoms with Crippen LogP contribution < -0.4 is 5.32 Å². The van der Waals surface area contributed by atoms with Crippen LogP contribution in [0.1, 0.15) is 61.5 Å². The number of phenolic OH excluding ortho intramolecular Hbond substituents is 4. The predicted molar refractivity (Wildman–Crippen MR) is 145 cm³/mol. The van der Waals surface area contributed by atoms with Crippen molar-refractivity contribution in [3.8, 4) is 23.0 Å². The molecule has 2 bridgehead atoms. The molecule has 41 heavy (non-hydrogen) atoms. The summed E-state index contributed by atoms with van der Waals surface area (Å²) in [4.78, 5) is 39.9. The number of nitrogens with zero attached hydrogens (tertiary/aromatic N) is 1. The normalized spacial score (nSPS) is 21.9. The number of ether oxygens (including phenoxy) is 1. The molecule has 0 aromatic heterocycles. The quantitative estimate of drug-likeness (QED) is 0.224. The molecule has 6 N–H and O–H groups in total. The Labute approximate surface area is 235 Å². The van der Waals surface area contributed by atoms with E-state index in [1.165, 1.54) is 42.5 Å². The van der Waals surface area contributed by atoms with Gasteiger partial charge in [0.1, 0.15) is 28.6 Å². The van der Waals surface area contributed by atoms with Crippen molar-refractivity contribution < 1.29 is 44.7 Å². The van der Waals surface area contributed by atoms with E-state index < -0.39 is 45.7 Å². The van der Waals surface area contributed by atoms with E-state index in [0.717, 1.165) is 25.0 Å². The van der Waals surface area contributed by atoms with Gasteiger partial charge < -0.3 is 35.6 Å². The molecule has 4 unspecified atom stereocenters. The Morgan fingerprint density at radius 3 is 2.27 bits per heavy atom. The molecule has 214 valence electrons. The lowest BCUT2D eigenvalue weighted by Crippen LogP contribution is -2.60. The summed E-state index contributed by atoms with van der Waals surface area (Å²) in [5.41, 5.74) is -0.826. The van der Waals surface area contributed by atoms with Gasteiger partial charge in [0.25, 0.3) is 5.91 Å². The van der Waals surface area contributed by atoms with Crippen LogP contribution in [-0.2, 0) is 11.3 Å². The second-order valence-electron chi connectivity index (χ2n) is 10.4. The van der Waals surface area contributed by atoms with Gasteiger partial charge in [-0.05, 0) is 80.4 Å². The molecule has 2 aliphatic heterocycles. The number of fused-ring (bicyclic) bond motifs is 2. The molecule has 2 fully saturated rings. The van der Waals surface area contributed by atoms with Crippen LogP contribution in [0.4, 0.5) is 0 Å². The molecular weight excluding hydrogens is 532 g/mol. The molecule has 1 amide bonds. The largest absolute Gasteiger partial charge is 0.508 e. The molecule has 4 atom stereocenters. The zero-order chi connectivity index (χ0) is 29.4. The van der Waals surface area contributed by atoms with Gasteiger partial charge in [0.05, 0.1) is 29.9 Å². The number of ketones is 1. The fourth-order valence-electron chi connectivity index (χ4n) is 5.90.